The number of amides is 1. The first kappa shape index (κ1) is 23.1. The van der Waals surface area contributed by atoms with Gasteiger partial charge in [-0.25, -0.2) is 0 Å². The van der Waals surface area contributed by atoms with Gasteiger partial charge in [-0.2, -0.15) is 0 Å². The number of hydrogen-bond acceptors (Lipinski definition) is 7. The lowest BCUT2D eigenvalue weighted by Gasteiger charge is -2.32. The number of phenolic OH excluding ortho intramolecular Hbond substituents is 1. The van der Waals surface area contributed by atoms with Gasteiger partial charge in [0.2, 0.25) is 0 Å². The fraction of sp³-hybridized carbons (Fsp3) is 0.500. The van der Waals surface area contributed by atoms with E-state index in [1.165, 1.54) is 12.1 Å². The molecule has 4 rings (SSSR count). The molecule has 2 aromatic rings. The normalized spacial score (nSPS) is 19.5. The number of aryl methyl sites for hydroxylation is 1. The number of phenols is 1. The van der Waals surface area contributed by atoms with Crippen LogP contribution in [0.4, 0.5) is 5.69 Å². The second-order valence-corrected chi connectivity index (χ2v) is 8.86. The van der Waals surface area contributed by atoms with E-state index in [2.05, 4.69) is 10.2 Å². The summed E-state index contributed by atoms with van der Waals surface area (Å²) in [5.74, 6) is -0.246. The van der Waals surface area contributed by atoms with Crippen LogP contribution in [0.25, 0.3) is 0 Å². The van der Waals surface area contributed by atoms with Crippen molar-refractivity contribution in [2.75, 3.05) is 26.2 Å². The van der Waals surface area contributed by atoms with E-state index >= 15 is 0 Å². The molecule has 2 fully saturated rings. The summed E-state index contributed by atoms with van der Waals surface area (Å²) < 4.78 is 5.61. The lowest BCUT2D eigenvalue weighted by molar-refractivity contribution is -0.385. The minimum Gasteiger partial charge on any atom is -0.502 e. The van der Waals surface area contributed by atoms with Crippen molar-refractivity contribution in [2.45, 2.75) is 51.2 Å². The highest BCUT2D eigenvalue weighted by Crippen LogP contribution is 2.31. The van der Waals surface area contributed by atoms with Crippen LogP contribution in [0.2, 0.25) is 0 Å². The van der Waals surface area contributed by atoms with Gasteiger partial charge in [0.15, 0.2) is 5.75 Å². The Bertz CT molecular complexity index is 1010. The highest BCUT2D eigenvalue weighted by atomic mass is 16.6. The Balaban J connectivity index is 1.39. The molecule has 2 aliphatic rings. The lowest BCUT2D eigenvalue weighted by atomic mass is 9.89. The van der Waals surface area contributed by atoms with E-state index < -0.39 is 4.92 Å². The summed E-state index contributed by atoms with van der Waals surface area (Å²) in [7, 11) is 0. The van der Waals surface area contributed by atoms with Gasteiger partial charge in [-0.15, -0.1) is 0 Å². The fourth-order valence-electron chi connectivity index (χ4n) is 4.62. The first-order valence-corrected chi connectivity index (χ1v) is 11.5. The third-order valence-electron chi connectivity index (χ3n) is 6.44. The largest absolute Gasteiger partial charge is 0.502 e. The van der Waals surface area contributed by atoms with Gasteiger partial charge in [-0.3, -0.25) is 24.8 Å². The summed E-state index contributed by atoms with van der Waals surface area (Å²) in [5, 5.41) is 23.8. The first-order valence-electron chi connectivity index (χ1n) is 11.5. The van der Waals surface area contributed by atoms with Gasteiger partial charge < -0.3 is 15.2 Å². The Morgan fingerprint density at radius 3 is 2.76 bits per heavy atom. The Labute approximate surface area is 192 Å². The van der Waals surface area contributed by atoms with Crippen LogP contribution < -0.4 is 5.32 Å². The number of nitrogens with zero attached hydrogens (tertiary/aromatic N) is 3. The van der Waals surface area contributed by atoms with E-state index in [-0.39, 0.29) is 29.4 Å². The number of piperidine rings is 1. The van der Waals surface area contributed by atoms with E-state index in [4.69, 9.17) is 9.72 Å². The quantitative estimate of drug-likeness (QED) is 0.487. The fourth-order valence-corrected chi connectivity index (χ4v) is 4.62. The summed E-state index contributed by atoms with van der Waals surface area (Å²) in [6, 6.07) is 8.26. The predicted molar refractivity (Wildman–Crippen MR) is 122 cm³/mol. The van der Waals surface area contributed by atoms with E-state index in [0.29, 0.717) is 18.7 Å². The van der Waals surface area contributed by atoms with Crippen LogP contribution in [-0.4, -0.2) is 58.2 Å². The van der Waals surface area contributed by atoms with Crippen LogP contribution in [-0.2, 0) is 11.3 Å². The third kappa shape index (κ3) is 5.66. The first-order chi connectivity index (χ1) is 15.9. The number of nitro benzene ring substituents is 1. The number of benzene rings is 1. The molecule has 2 N–H and O–H groups in total. The average molecular weight is 455 g/mol. The Kier molecular flexibility index (Phi) is 7.20. The number of pyridine rings is 1. The molecule has 9 heteroatoms. The number of aromatic hydroxyl groups is 1. The second kappa shape index (κ2) is 10.3. The van der Waals surface area contributed by atoms with Crippen molar-refractivity contribution in [3.05, 3.63) is 63.0 Å². The molecule has 9 nitrogen and oxygen atoms in total. The van der Waals surface area contributed by atoms with Gasteiger partial charge in [-0.05, 0) is 69.5 Å². The monoisotopic (exact) mass is 454 g/mol. The average Bonchev–Trinajstić information content (AvgIpc) is 3.33. The molecule has 1 aromatic heterocycles. The maximum Gasteiger partial charge on any atom is 0.311 e. The number of ether oxygens (including phenoxy) is 1. The number of likely N-dealkylation sites (tertiary alicyclic amines) is 1. The molecule has 176 valence electrons. The van der Waals surface area contributed by atoms with Crippen LogP contribution in [0.1, 0.15) is 58.9 Å². The molecule has 0 bridgehead atoms. The van der Waals surface area contributed by atoms with Crippen LogP contribution in [0.5, 0.6) is 5.75 Å². The Morgan fingerprint density at radius 2 is 2.06 bits per heavy atom. The Morgan fingerprint density at radius 1 is 1.27 bits per heavy atom. The zero-order chi connectivity index (χ0) is 23.4. The van der Waals surface area contributed by atoms with E-state index in [1.54, 1.807) is 6.07 Å². The van der Waals surface area contributed by atoms with Crippen LogP contribution >= 0.6 is 0 Å². The van der Waals surface area contributed by atoms with Gasteiger partial charge in [0.1, 0.15) is 0 Å². The highest BCUT2D eigenvalue weighted by Gasteiger charge is 2.27. The molecule has 3 heterocycles. The smallest absolute Gasteiger partial charge is 0.311 e. The molecule has 0 unspecified atom stereocenters. The number of nitro groups is 1. The number of carbonyl (C=O) groups is 1. The summed E-state index contributed by atoms with van der Waals surface area (Å²) >= 11 is 0. The molecule has 0 aliphatic carbocycles. The van der Waals surface area contributed by atoms with E-state index in [1.807, 2.05) is 19.1 Å². The highest BCUT2D eigenvalue weighted by molar-refractivity contribution is 5.95. The summed E-state index contributed by atoms with van der Waals surface area (Å²) in [4.78, 5) is 30.4. The topological polar surface area (TPSA) is 118 Å². The van der Waals surface area contributed by atoms with Crippen LogP contribution in [0, 0.1) is 17.0 Å². The van der Waals surface area contributed by atoms with Crippen molar-refractivity contribution in [1.29, 1.82) is 0 Å². The standard InChI is InChI=1S/C24H30N4O5/c1-16-4-6-20(24(30)25-14-19-3-2-12-33-19)23(26-16)18-8-10-27(11-9-18)15-17-5-7-22(29)21(13-17)28(31)32/h4-7,13,18-19,29H,2-3,8-12,14-15H2,1H3,(H,25,30)/t19-/m1/s1. The summed E-state index contributed by atoms with van der Waals surface area (Å²) in [6.45, 7) is 5.38. The number of aromatic nitrogens is 1. The molecule has 0 radical (unpaired) electrons. The van der Waals surface area contributed by atoms with Gasteiger partial charge in [0, 0.05) is 37.4 Å². The maximum absolute atomic E-state index is 12.9. The lowest BCUT2D eigenvalue weighted by Crippen LogP contribution is -2.35. The SMILES string of the molecule is Cc1ccc(C(=O)NC[C@H]2CCCO2)c(C2CCN(Cc3ccc(O)c([N+](=O)[O-])c3)CC2)n1. The van der Waals surface area contributed by atoms with Gasteiger partial charge >= 0.3 is 5.69 Å². The van der Waals surface area contributed by atoms with Crippen LogP contribution in [0.3, 0.4) is 0 Å². The Hall–Kier alpha value is -3.04. The summed E-state index contributed by atoms with van der Waals surface area (Å²) in [6.07, 6.45) is 3.80. The van der Waals surface area contributed by atoms with Crippen molar-refractivity contribution in [3.63, 3.8) is 0 Å². The zero-order valence-corrected chi connectivity index (χ0v) is 18.8. The maximum atomic E-state index is 12.9. The van der Waals surface area contributed by atoms with Gasteiger partial charge in [-0.1, -0.05) is 6.07 Å². The molecule has 1 aromatic carbocycles. The predicted octanol–water partition coefficient (Wildman–Crippen LogP) is 3.29. The van der Waals surface area contributed by atoms with Gasteiger partial charge in [0.25, 0.3) is 5.91 Å². The molecular formula is C24H30N4O5. The minimum atomic E-state index is -0.570. The molecule has 1 amide bonds. The van der Waals surface area contributed by atoms with Crippen molar-refractivity contribution < 1.29 is 19.6 Å². The van der Waals surface area contributed by atoms with Crippen LogP contribution in [0.15, 0.2) is 30.3 Å². The van der Waals surface area contributed by atoms with Crippen molar-refractivity contribution >= 4 is 11.6 Å². The minimum absolute atomic E-state index is 0.0924. The van der Waals surface area contributed by atoms with E-state index in [0.717, 1.165) is 62.3 Å². The zero-order valence-electron chi connectivity index (χ0n) is 18.8. The van der Waals surface area contributed by atoms with E-state index in [9.17, 15) is 20.0 Å². The molecule has 2 aliphatic heterocycles. The number of hydrogen-bond donors (Lipinski definition) is 2. The van der Waals surface area contributed by atoms with Gasteiger partial charge in [0.05, 0.1) is 22.3 Å². The molecule has 2 saturated heterocycles. The second-order valence-electron chi connectivity index (χ2n) is 8.86. The summed E-state index contributed by atoms with van der Waals surface area (Å²) in [5.41, 5.74) is 2.89. The van der Waals surface area contributed by atoms with Crippen molar-refractivity contribution in [1.82, 2.24) is 15.2 Å². The molecule has 33 heavy (non-hydrogen) atoms. The third-order valence-corrected chi connectivity index (χ3v) is 6.44. The number of rotatable bonds is 7. The van der Waals surface area contributed by atoms with Crippen molar-refractivity contribution in [3.8, 4) is 5.75 Å². The molecule has 0 saturated carbocycles. The van der Waals surface area contributed by atoms with Crippen molar-refractivity contribution in [2.24, 2.45) is 0 Å². The molecular weight excluding hydrogens is 424 g/mol. The number of nitrogens with one attached hydrogen (secondary N) is 1. The molecule has 1 atom stereocenters. The number of carbonyl (C=O) groups excluding carboxylic acids is 1. The molecule has 0 spiro atoms.